The number of pyridine rings is 2. The second-order valence-corrected chi connectivity index (χ2v) is 7.92. The zero-order valence-electron chi connectivity index (χ0n) is 19.2. The van der Waals surface area contributed by atoms with E-state index in [1.165, 1.54) is 44.5 Å². The maximum atomic E-state index is 2.27. The van der Waals surface area contributed by atoms with Crippen molar-refractivity contribution in [1.29, 1.82) is 0 Å². The molecule has 0 bridgehead atoms. The van der Waals surface area contributed by atoms with E-state index in [1.54, 1.807) is 0 Å². The quantitative estimate of drug-likeness (QED) is 0.458. The van der Waals surface area contributed by atoms with Crippen molar-refractivity contribution in [3.8, 4) is 0 Å². The molecule has 0 N–H and O–H groups in total. The number of rotatable bonds is 6. The van der Waals surface area contributed by atoms with Gasteiger partial charge in [0.15, 0.2) is 24.8 Å². The van der Waals surface area contributed by atoms with Gasteiger partial charge in [-0.1, -0.05) is 24.3 Å². The number of hydrogen-bond donors (Lipinski definition) is 0. The molecule has 0 amide bonds. The maximum absolute atomic E-state index is 2.27. The van der Waals surface area contributed by atoms with Crippen molar-refractivity contribution in [3.05, 3.63) is 93.6 Å². The summed E-state index contributed by atoms with van der Waals surface area (Å²) in [6, 6.07) is 8.68. The van der Waals surface area contributed by atoms with Gasteiger partial charge < -0.3 is 0 Å². The number of aromatic nitrogens is 2. The molecule has 0 saturated carbocycles. The lowest BCUT2D eigenvalue weighted by Crippen LogP contribution is -2.30. The van der Waals surface area contributed by atoms with Gasteiger partial charge in [-0.2, -0.15) is 0 Å². The average Bonchev–Trinajstić information content (AvgIpc) is 2.78. The van der Waals surface area contributed by atoms with Crippen molar-refractivity contribution in [2.45, 2.75) is 54.6 Å². The first-order chi connectivity index (χ1) is 14.4. The summed E-state index contributed by atoms with van der Waals surface area (Å²) in [7, 11) is 0. The number of aryl methyl sites for hydroxylation is 2. The predicted molar refractivity (Wildman–Crippen MR) is 128 cm³/mol. The first-order valence-corrected chi connectivity index (χ1v) is 10.9. The number of nitrogens with zero attached hydrogens (tertiary/aromatic N) is 2. The molecule has 0 aliphatic heterocycles. The monoisotopic (exact) mass is 398 g/mol. The zero-order chi connectivity index (χ0) is 21.7. The minimum atomic E-state index is 0.997. The number of benzene rings is 1. The van der Waals surface area contributed by atoms with Crippen LogP contribution < -0.4 is 9.13 Å². The zero-order valence-corrected chi connectivity index (χ0v) is 19.2. The van der Waals surface area contributed by atoms with Crippen molar-refractivity contribution in [1.82, 2.24) is 0 Å². The summed E-state index contributed by atoms with van der Waals surface area (Å²) in [6.45, 7) is 15.3. The van der Waals surface area contributed by atoms with E-state index in [-0.39, 0.29) is 0 Å². The highest BCUT2D eigenvalue weighted by Crippen LogP contribution is 2.29. The molecule has 0 radical (unpaired) electrons. The summed E-state index contributed by atoms with van der Waals surface area (Å²) in [4.78, 5) is 0. The lowest BCUT2D eigenvalue weighted by molar-refractivity contribution is -0.693. The van der Waals surface area contributed by atoms with E-state index in [2.05, 4.69) is 124 Å². The molecular weight excluding hydrogens is 364 g/mol. The first-order valence-electron chi connectivity index (χ1n) is 10.9. The molecule has 0 fully saturated rings. The smallest absolute Gasteiger partial charge is 0.169 e. The van der Waals surface area contributed by atoms with Crippen molar-refractivity contribution in [2.24, 2.45) is 0 Å². The van der Waals surface area contributed by atoms with Crippen LogP contribution in [0.15, 0.2) is 49.1 Å². The third-order valence-electron chi connectivity index (χ3n) is 6.19. The van der Waals surface area contributed by atoms with Gasteiger partial charge in [0.25, 0.3) is 0 Å². The van der Waals surface area contributed by atoms with Gasteiger partial charge in [0, 0.05) is 24.3 Å². The Hall–Kier alpha value is -3.00. The molecule has 2 aromatic heterocycles. The highest BCUT2D eigenvalue weighted by molar-refractivity contribution is 5.79. The van der Waals surface area contributed by atoms with Crippen LogP contribution in [0.4, 0.5) is 0 Å². The molecule has 2 nitrogen and oxygen atoms in total. The third kappa shape index (κ3) is 4.76. The largest absolute Gasteiger partial charge is 0.205 e. The van der Waals surface area contributed by atoms with Gasteiger partial charge in [0.05, 0.1) is 0 Å². The molecule has 0 unspecified atom stereocenters. The normalized spacial score (nSPS) is 11.7. The topological polar surface area (TPSA) is 7.76 Å². The molecule has 0 aliphatic rings. The van der Waals surface area contributed by atoms with E-state index in [1.807, 2.05) is 0 Å². The van der Waals surface area contributed by atoms with E-state index in [0.29, 0.717) is 0 Å². The SMILES string of the molecule is CC[n+]1ccc(/C=C/c2c(C)c(C)c(/C=C/c3cc[n+](CC)cc3)c(C)c2C)cc1. The van der Waals surface area contributed by atoms with E-state index in [9.17, 15) is 0 Å². The van der Waals surface area contributed by atoms with Gasteiger partial charge in [-0.3, -0.25) is 0 Å². The van der Waals surface area contributed by atoms with E-state index in [4.69, 9.17) is 0 Å². The summed E-state index contributed by atoms with van der Waals surface area (Å²) in [5, 5.41) is 0. The maximum Gasteiger partial charge on any atom is 0.169 e. The van der Waals surface area contributed by atoms with Crippen LogP contribution in [-0.2, 0) is 13.1 Å². The highest BCUT2D eigenvalue weighted by Gasteiger charge is 2.11. The van der Waals surface area contributed by atoms with Crippen LogP contribution in [-0.4, -0.2) is 0 Å². The molecule has 30 heavy (non-hydrogen) atoms. The molecule has 0 atom stereocenters. The predicted octanol–water partition coefficient (Wildman–Crippen LogP) is 5.88. The molecule has 3 rings (SSSR count). The molecule has 2 heteroatoms. The fourth-order valence-corrected chi connectivity index (χ4v) is 3.81. The summed E-state index contributed by atoms with van der Waals surface area (Å²) in [5.41, 5.74) is 10.5. The Morgan fingerprint density at radius 3 is 1.10 bits per heavy atom. The van der Waals surface area contributed by atoms with Gasteiger partial charge in [0.2, 0.25) is 0 Å². The molecule has 1 aromatic carbocycles. The third-order valence-corrected chi connectivity index (χ3v) is 6.19. The Bertz CT molecular complexity index is 952. The molecule has 154 valence electrons. The summed E-state index contributed by atoms with van der Waals surface area (Å²) < 4.78 is 4.36. The van der Waals surface area contributed by atoms with Gasteiger partial charge in [-0.05, 0) is 86.1 Å². The Morgan fingerprint density at radius 1 is 0.533 bits per heavy atom. The standard InChI is InChI=1S/C28H34N2/c1-7-29-17-13-25(14-18-29)9-11-27-21(3)23(5)28(24(6)22(27)4)12-10-26-15-19-30(8-2)20-16-26/h9-20H,7-8H2,1-6H3/q+2/b11-9+,12-10+. The molecule has 0 aliphatic carbocycles. The van der Waals surface area contributed by atoms with E-state index >= 15 is 0 Å². The van der Waals surface area contributed by atoms with Crippen molar-refractivity contribution < 1.29 is 9.13 Å². The average molecular weight is 399 g/mol. The Morgan fingerprint density at radius 2 is 0.833 bits per heavy atom. The van der Waals surface area contributed by atoms with Gasteiger partial charge in [-0.15, -0.1) is 0 Å². The lowest BCUT2D eigenvalue weighted by Gasteiger charge is -2.17. The summed E-state index contributed by atoms with van der Waals surface area (Å²) in [6.07, 6.45) is 17.5. The Labute approximate surface area is 181 Å². The lowest BCUT2D eigenvalue weighted by atomic mass is 9.88. The van der Waals surface area contributed by atoms with Crippen LogP contribution in [0.2, 0.25) is 0 Å². The Kier molecular flexibility index (Phi) is 6.99. The van der Waals surface area contributed by atoms with Crippen LogP contribution >= 0.6 is 0 Å². The fourth-order valence-electron chi connectivity index (χ4n) is 3.81. The van der Waals surface area contributed by atoms with E-state index in [0.717, 1.165) is 13.1 Å². The minimum absolute atomic E-state index is 0.997. The molecular formula is C28H34N2+2. The second-order valence-electron chi connectivity index (χ2n) is 7.92. The summed E-state index contributed by atoms with van der Waals surface area (Å²) >= 11 is 0. The molecule has 0 spiro atoms. The van der Waals surface area contributed by atoms with E-state index < -0.39 is 0 Å². The minimum Gasteiger partial charge on any atom is -0.205 e. The highest BCUT2D eigenvalue weighted by atomic mass is 14.9. The van der Waals surface area contributed by atoms with Gasteiger partial charge in [-0.25, -0.2) is 9.13 Å². The molecule has 3 aromatic rings. The molecule has 2 heterocycles. The summed E-state index contributed by atoms with van der Waals surface area (Å²) in [5.74, 6) is 0. The van der Waals surface area contributed by atoms with Crippen molar-refractivity contribution >= 4 is 24.3 Å². The van der Waals surface area contributed by atoms with Crippen LogP contribution in [0.5, 0.6) is 0 Å². The van der Waals surface area contributed by atoms with Gasteiger partial charge in [0.1, 0.15) is 13.1 Å². The van der Waals surface area contributed by atoms with Crippen molar-refractivity contribution in [2.75, 3.05) is 0 Å². The number of hydrogen-bond acceptors (Lipinski definition) is 0. The van der Waals surface area contributed by atoms with Crippen LogP contribution in [0.1, 0.15) is 58.4 Å². The van der Waals surface area contributed by atoms with Crippen molar-refractivity contribution in [3.63, 3.8) is 0 Å². The second kappa shape index (κ2) is 9.67. The fraction of sp³-hybridized carbons (Fsp3) is 0.286. The molecule has 0 saturated heterocycles. The van der Waals surface area contributed by atoms with Crippen LogP contribution in [0, 0.1) is 27.7 Å². The van der Waals surface area contributed by atoms with Gasteiger partial charge >= 0.3 is 0 Å². The van der Waals surface area contributed by atoms with Crippen LogP contribution in [0.3, 0.4) is 0 Å². The Balaban J connectivity index is 1.92. The van der Waals surface area contributed by atoms with Crippen LogP contribution in [0.25, 0.3) is 24.3 Å². The first kappa shape index (κ1) is 21.7.